The van der Waals surface area contributed by atoms with Crippen molar-refractivity contribution in [1.29, 1.82) is 0 Å². The minimum absolute atomic E-state index is 0.0672. The summed E-state index contributed by atoms with van der Waals surface area (Å²) in [5.41, 5.74) is 5.95. The maximum Gasteiger partial charge on any atom is 0.123 e. The first kappa shape index (κ1) is 25.4. The highest BCUT2D eigenvalue weighted by molar-refractivity contribution is 8.02. The average molecular weight is 523 g/mol. The van der Waals surface area contributed by atoms with Crippen molar-refractivity contribution in [3.05, 3.63) is 47.5 Å². The molecular weight excluding hydrogens is 485 g/mol. The normalized spacial score (nSPS) is 19.2. The topological polar surface area (TPSA) is 20.2 Å². The molecular formula is C31H38OS3. The fourth-order valence-corrected chi connectivity index (χ4v) is 9.74. The van der Waals surface area contributed by atoms with Crippen LogP contribution in [0.1, 0.15) is 71.9 Å². The third kappa shape index (κ3) is 4.22. The molecule has 2 aliphatic rings. The van der Waals surface area contributed by atoms with Crippen LogP contribution in [-0.2, 0) is 5.41 Å². The Morgan fingerprint density at radius 2 is 1.37 bits per heavy atom. The largest absolute Gasteiger partial charge is 0.507 e. The molecule has 0 amide bonds. The van der Waals surface area contributed by atoms with Gasteiger partial charge in [-0.05, 0) is 106 Å². The summed E-state index contributed by atoms with van der Waals surface area (Å²) in [6.07, 6.45) is 5.63. The van der Waals surface area contributed by atoms with Crippen LogP contribution in [0.3, 0.4) is 0 Å². The zero-order valence-electron chi connectivity index (χ0n) is 22.2. The molecule has 0 radical (unpaired) electrons. The second-order valence-corrected chi connectivity index (χ2v) is 15.4. The molecule has 1 saturated carbocycles. The molecule has 1 N–H and O–H groups in total. The van der Waals surface area contributed by atoms with Gasteiger partial charge in [0.1, 0.15) is 5.75 Å². The Morgan fingerprint density at radius 3 is 1.94 bits per heavy atom. The van der Waals surface area contributed by atoms with Crippen LogP contribution in [0.2, 0.25) is 0 Å². The smallest absolute Gasteiger partial charge is 0.123 e. The molecule has 1 spiro atoms. The molecule has 0 aromatic heterocycles. The first-order valence-corrected chi connectivity index (χ1v) is 16.0. The van der Waals surface area contributed by atoms with Gasteiger partial charge in [-0.15, -0.1) is 35.3 Å². The molecule has 3 aromatic rings. The van der Waals surface area contributed by atoms with Gasteiger partial charge < -0.3 is 5.11 Å². The van der Waals surface area contributed by atoms with E-state index < -0.39 is 0 Å². The zero-order valence-corrected chi connectivity index (χ0v) is 24.6. The molecule has 4 heteroatoms. The predicted molar refractivity (Wildman–Crippen MR) is 158 cm³/mol. The lowest BCUT2D eigenvalue weighted by molar-refractivity contribution is 0.0644. The molecule has 186 valence electrons. The van der Waals surface area contributed by atoms with Gasteiger partial charge in [-0.25, -0.2) is 0 Å². The zero-order chi connectivity index (χ0) is 25.2. The summed E-state index contributed by atoms with van der Waals surface area (Å²) in [5, 5.41) is 13.7. The van der Waals surface area contributed by atoms with E-state index in [9.17, 15) is 5.11 Å². The highest BCUT2D eigenvalue weighted by Gasteiger charge is 2.53. The minimum atomic E-state index is -0.0672. The van der Waals surface area contributed by atoms with E-state index in [2.05, 4.69) is 84.2 Å². The SMILES string of the molecule is CCSc1cc2c(O)cc3c(c2cc1SCC)-c1ccc(SC)cc1C31CC(C)(C)CC(C)(C)C1. The summed E-state index contributed by atoms with van der Waals surface area (Å²) < 4.78 is 0. The number of fused-ring (bicyclic) bond motifs is 7. The van der Waals surface area contributed by atoms with Gasteiger partial charge in [0.2, 0.25) is 0 Å². The number of hydrogen-bond acceptors (Lipinski definition) is 4. The third-order valence-electron chi connectivity index (χ3n) is 7.82. The van der Waals surface area contributed by atoms with Crippen LogP contribution in [0.5, 0.6) is 5.75 Å². The van der Waals surface area contributed by atoms with Gasteiger partial charge in [-0.1, -0.05) is 47.6 Å². The van der Waals surface area contributed by atoms with Crippen LogP contribution in [0.15, 0.2) is 51.1 Å². The molecule has 0 unspecified atom stereocenters. The summed E-state index contributed by atoms with van der Waals surface area (Å²) in [7, 11) is 0. The minimum Gasteiger partial charge on any atom is -0.507 e. The molecule has 0 bridgehead atoms. The lowest BCUT2D eigenvalue weighted by Gasteiger charge is -2.51. The number of thioether (sulfide) groups is 3. The van der Waals surface area contributed by atoms with Gasteiger partial charge in [0.25, 0.3) is 0 Å². The Kier molecular flexibility index (Phi) is 6.51. The fourth-order valence-electron chi connectivity index (χ4n) is 7.52. The molecule has 3 aromatic carbocycles. The Hall–Kier alpha value is -1.23. The molecule has 0 aliphatic heterocycles. The molecule has 35 heavy (non-hydrogen) atoms. The lowest BCUT2D eigenvalue weighted by Crippen LogP contribution is -2.43. The number of rotatable bonds is 5. The van der Waals surface area contributed by atoms with E-state index in [1.165, 1.54) is 48.7 Å². The van der Waals surface area contributed by atoms with Gasteiger partial charge in [0, 0.05) is 25.5 Å². The highest BCUT2D eigenvalue weighted by Crippen LogP contribution is 2.65. The number of hydrogen-bond donors (Lipinski definition) is 1. The van der Waals surface area contributed by atoms with Crippen molar-refractivity contribution in [1.82, 2.24) is 0 Å². The second-order valence-electron chi connectivity index (χ2n) is 11.9. The van der Waals surface area contributed by atoms with E-state index in [4.69, 9.17) is 0 Å². The van der Waals surface area contributed by atoms with Crippen LogP contribution in [0, 0.1) is 10.8 Å². The third-order valence-corrected chi connectivity index (χ3v) is 10.6. The van der Waals surface area contributed by atoms with Crippen molar-refractivity contribution in [3.63, 3.8) is 0 Å². The standard InChI is InChI=1S/C31H38OS3/c1-8-34-26-13-21-22(14-27(26)35-9-2)28-20-11-10-19(33-7)12-23(20)31(24(28)15-25(21)32)17-29(3,4)16-30(5,6)18-31/h10-15,32H,8-9,16-18H2,1-7H3. The van der Waals surface area contributed by atoms with Crippen LogP contribution >= 0.6 is 35.3 Å². The molecule has 1 fully saturated rings. The van der Waals surface area contributed by atoms with Gasteiger partial charge in [-0.3, -0.25) is 0 Å². The molecule has 0 saturated heterocycles. The van der Waals surface area contributed by atoms with Crippen LogP contribution in [-0.4, -0.2) is 22.9 Å². The van der Waals surface area contributed by atoms with Gasteiger partial charge in [-0.2, -0.15) is 0 Å². The van der Waals surface area contributed by atoms with Crippen LogP contribution in [0.4, 0.5) is 0 Å². The maximum absolute atomic E-state index is 11.5. The first-order chi connectivity index (χ1) is 16.5. The fraction of sp³-hybridized carbons (Fsp3) is 0.484. The molecule has 2 aliphatic carbocycles. The summed E-state index contributed by atoms with van der Waals surface area (Å²) in [6.45, 7) is 14.2. The Labute approximate surface area is 224 Å². The van der Waals surface area contributed by atoms with E-state index in [1.807, 2.05) is 35.3 Å². The quantitative estimate of drug-likeness (QED) is 0.336. The van der Waals surface area contributed by atoms with Crippen molar-refractivity contribution in [2.45, 2.75) is 80.9 Å². The molecule has 5 rings (SSSR count). The van der Waals surface area contributed by atoms with E-state index in [0.717, 1.165) is 29.7 Å². The first-order valence-electron chi connectivity index (χ1n) is 12.8. The van der Waals surface area contributed by atoms with Gasteiger partial charge in [0.15, 0.2) is 0 Å². The number of phenolic OH excluding ortho intramolecular Hbond substituents is 1. The number of phenols is 1. The summed E-state index contributed by atoms with van der Waals surface area (Å²) >= 11 is 5.62. The monoisotopic (exact) mass is 522 g/mol. The van der Waals surface area contributed by atoms with E-state index in [1.54, 1.807) is 0 Å². The number of aromatic hydroxyl groups is 1. The van der Waals surface area contributed by atoms with Crippen molar-refractivity contribution in [2.75, 3.05) is 17.8 Å². The Bertz CT molecular complexity index is 1290. The Morgan fingerprint density at radius 1 is 0.771 bits per heavy atom. The van der Waals surface area contributed by atoms with Crippen LogP contribution in [0.25, 0.3) is 21.9 Å². The molecule has 0 heterocycles. The summed E-state index contributed by atoms with van der Waals surface area (Å²) in [6, 6.07) is 13.9. The Balaban J connectivity index is 1.88. The van der Waals surface area contributed by atoms with Crippen molar-refractivity contribution in [2.24, 2.45) is 10.8 Å². The molecule has 0 atom stereocenters. The van der Waals surface area contributed by atoms with Crippen LogP contribution < -0.4 is 0 Å². The lowest BCUT2D eigenvalue weighted by atomic mass is 9.52. The summed E-state index contributed by atoms with van der Waals surface area (Å²) in [5.74, 6) is 2.51. The average Bonchev–Trinajstić information content (AvgIpc) is 3.00. The predicted octanol–water partition coefficient (Wildman–Crippen LogP) is 9.99. The van der Waals surface area contributed by atoms with E-state index in [-0.39, 0.29) is 16.2 Å². The highest BCUT2D eigenvalue weighted by atomic mass is 32.2. The number of benzene rings is 3. The van der Waals surface area contributed by atoms with E-state index in [0.29, 0.717) is 5.75 Å². The van der Waals surface area contributed by atoms with E-state index >= 15 is 0 Å². The van der Waals surface area contributed by atoms with Gasteiger partial charge >= 0.3 is 0 Å². The molecule has 1 nitrogen and oxygen atoms in total. The second kappa shape index (κ2) is 8.96. The van der Waals surface area contributed by atoms with Crippen molar-refractivity contribution >= 4 is 46.1 Å². The summed E-state index contributed by atoms with van der Waals surface area (Å²) in [4.78, 5) is 3.95. The van der Waals surface area contributed by atoms with Gasteiger partial charge in [0.05, 0.1) is 0 Å². The van der Waals surface area contributed by atoms with Crippen molar-refractivity contribution < 1.29 is 5.11 Å². The maximum atomic E-state index is 11.5. The van der Waals surface area contributed by atoms with Crippen molar-refractivity contribution in [3.8, 4) is 16.9 Å².